The number of thiazole rings is 1. The van der Waals surface area contributed by atoms with Gasteiger partial charge in [-0.1, -0.05) is 30.3 Å². The molecule has 2 N–H and O–H groups in total. The van der Waals surface area contributed by atoms with Crippen LogP contribution >= 0.6 is 11.3 Å². The molecule has 37 heavy (non-hydrogen) atoms. The van der Waals surface area contributed by atoms with E-state index in [1.807, 2.05) is 42.6 Å². The lowest BCUT2D eigenvalue weighted by molar-refractivity contribution is -0.383. The number of nitro groups is 1. The van der Waals surface area contributed by atoms with Crippen LogP contribution in [0.15, 0.2) is 71.4 Å². The third-order valence-corrected chi connectivity index (χ3v) is 7.27. The van der Waals surface area contributed by atoms with Crippen molar-refractivity contribution in [2.45, 2.75) is 31.3 Å². The van der Waals surface area contributed by atoms with Crippen LogP contribution in [0.4, 0.5) is 10.8 Å². The molecule has 10 nitrogen and oxygen atoms in total. The second kappa shape index (κ2) is 10.4. The highest BCUT2D eigenvalue weighted by Crippen LogP contribution is 2.43. The second-order valence-corrected chi connectivity index (χ2v) is 9.42. The fourth-order valence-corrected chi connectivity index (χ4v) is 5.36. The number of hydrogen-bond acceptors (Lipinski definition) is 10. The van der Waals surface area contributed by atoms with Crippen LogP contribution in [0.1, 0.15) is 19.4 Å². The van der Waals surface area contributed by atoms with Gasteiger partial charge in [0.2, 0.25) is 0 Å². The number of fused-ring (bicyclic) bond motifs is 1. The molecule has 192 valence electrons. The number of ether oxygens (including phenoxy) is 2. The van der Waals surface area contributed by atoms with Gasteiger partial charge in [0.25, 0.3) is 5.69 Å². The molecular weight excluding hydrogens is 496 g/mol. The topological polar surface area (TPSA) is 133 Å². The molecule has 3 atom stereocenters. The Hall–Kier alpha value is -4.25. The quantitative estimate of drug-likeness (QED) is 0.219. The molecule has 0 radical (unpaired) electrons. The average Bonchev–Trinajstić information content (AvgIpc) is 3.26. The van der Waals surface area contributed by atoms with Crippen LogP contribution in [0.25, 0.3) is 11.1 Å². The van der Waals surface area contributed by atoms with Gasteiger partial charge in [-0.25, -0.2) is 9.78 Å². The van der Waals surface area contributed by atoms with Gasteiger partial charge in [0.15, 0.2) is 5.13 Å². The van der Waals surface area contributed by atoms with E-state index in [0.29, 0.717) is 16.4 Å². The minimum atomic E-state index is -1.22. The van der Waals surface area contributed by atoms with E-state index >= 15 is 0 Å². The van der Waals surface area contributed by atoms with Crippen LogP contribution in [0.3, 0.4) is 0 Å². The molecule has 1 aromatic carbocycles. The van der Waals surface area contributed by atoms with Gasteiger partial charge >= 0.3 is 11.9 Å². The normalized spacial score (nSPS) is 21.1. The Kier molecular flexibility index (Phi) is 7.25. The number of carbonyl (C=O) groups excluding carboxylic acids is 2. The summed E-state index contributed by atoms with van der Waals surface area (Å²) in [6.07, 6.45) is 1.66. The molecule has 1 aromatic heterocycles. The van der Waals surface area contributed by atoms with E-state index in [4.69, 9.17) is 9.47 Å². The lowest BCUT2D eigenvalue weighted by Gasteiger charge is -2.47. The van der Waals surface area contributed by atoms with Crippen molar-refractivity contribution < 1.29 is 24.0 Å². The molecule has 0 amide bonds. The maximum atomic E-state index is 13.3. The van der Waals surface area contributed by atoms with E-state index in [9.17, 15) is 19.7 Å². The summed E-state index contributed by atoms with van der Waals surface area (Å²) in [4.78, 5) is 40.1. The van der Waals surface area contributed by atoms with Gasteiger partial charge in [-0.3, -0.25) is 14.9 Å². The summed E-state index contributed by atoms with van der Waals surface area (Å²) in [7, 11) is 2.67. The minimum absolute atomic E-state index is 0.241. The molecule has 0 bridgehead atoms. The number of benzene rings is 2. The summed E-state index contributed by atoms with van der Waals surface area (Å²) in [5.41, 5.74) is 2.55. The predicted octanol–water partition coefficient (Wildman–Crippen LogP) is 4.05. The van der Waals surface area contributed by atoms with Crippen molar-refractivity contribution in [1.82, 2.24) is 10.3 Å². The molecule has 0 fully saturated rings. The smallest absolute Gasteiger partial charge is 0.337 e. The average molecular weight is 523 g/mol. The summed E-state index contributed by atoms with van der Waals surface area (Å²) in [5.74, 6) is -0.975. The van der Waals surface area contributed by atoms with Crippen LogP contribution in [0, 0.1) is 10.1 Å². The Morgan fingerprint density at radius 3 is 2.38 bits per heavy atom. The number of anilines is 1. The van der Waals surface area contributed by atoms with E-state index in [0.717, 1.165) is 16.7 Å². The Bertz CT molecular complexity index is 1360. The van der Waals surface area contributed by atoms with Crippen molar-refractivity contribution in [2.24, 2.45) is 0 Å². The lowest BCUT2D eigenvalue weighted by atomic mass is 9.64. The van der Waals surface area contributed by atoms with Crippen LogP contribution in [0.5, 0.6) is 0 Å². The predicted molar refractivity (Wildman–Crippen MR) is 139 cm³/mol. The molecule has 2 aliphatic carbocycles. The maximum Gasteiger partial charge on any atom is 0.337 e. The van der Waals surface area contributed by atoms with Crippen molar-refractivity contribution in [3.63, 3.8) is 0 Å². The molecule has 1 aliphatic heterocycles. The number of carbonyl (C=O) groups is 2. The summed E-state index contributed by atoms with van der Waals surface area (Å²) in [6, 6.07) is 13.3. The first-order chi connectivity index (χ1) is 17.7. The van der Waals surface area contributed by atoms with E-state index < -0.39 is 23.4 Å². The maximum absolute atomic E-state index is 13.3. The number of rotatable bonds is 6. The minimum Gasteiger partial charge on any atom is -0.468 e. The molecule has 5 rings (SSSR count). The summed E-state index contributed by atoms with van der Waals surface area (Å²) >= 11 is 1.39. The van der Waals surface area contributed by atoms with Crippen LogP contribution < -0.4 is 10.6 Å². The third-order valence-electron chi connectivity index (χ3n) is 6.57. The number of aromatic nitrogens is 1. The van der Waals surface area contributed by atoms with Crippen molar-refractivity contribution in [3.05, 3.63) is 87.1 Å². The molecule has 2 heterocycles. The third kappa shape index (κ3) is 4.65. The van der Waals surface area contributed by atoms with Crippen LogP contribution in [-0.2, 0) is 24.5 Å². The first-order valence-electron chi connectivity index (χ1n) is 11.4. The molecule has 0 saturated heterocycles. The molecular formula is C26H26N4O6S. The van der Waals surface area contributed by atoms with Gasteiger partial charge in [-0.2, -0.15) is 0 Å². The first-order valence-corrected chi connectivity index (χ1v) is 12.3. The van der Waals surface area contributed by atoms with Gasteiger partial charge < -0.3 is 20.1 Å². The van der Waals surface area contributed by atoms with Gasteiger partial charge in [-0.05, 0) is 37.1 Å². The highest BCUT2D eigenvalue weighted by Gasteiger charge is 2.58. The second-order valence-electron chi connectivity index (χ2n) is 8.53. The monoisotopic (exact) mass is 522 g/mol. The summed E-state index contributed by atoms with van der Waals surface area (Å²) in [6.45, 7) is 3.70. The molecule has 3 unspecified atom stereocenters. The van der Waals surface area contributed by atoms with Gasteiger partial charge in [0.05, 0.1) is 36.3 Å². The molecule has 0 spiro atoms. The lowest BCUT2D eigenvalue weighted by Crippen LogP contribution is -2.65. The Labute approximate surface area is 217 Å². The van der Waals surface area contributed by atoms with E-state index in [1.54, 1.807) is 25.3 Å². The SMILES string of the molecule is COC(=O)C1=C(C)NC(C)C(C(=O)OC)(c2ccccc2)C1Nc1nccs1.O=[N+]([O-])c1ccc2cc1-2. The Morgan fingerprint density at radius 1 is 1.16 bits per heavy atom. The standard InChI is InChI=1S/C20H23N3O4S.C6H3NO2/c1-12-15(17(24)26-3)16(23-19-21-10-11-28-19)20(13(2)22-12,18(25)27-4)14-8-6-5-7-9-14;8-7(9)6-2-1-4-3-5(4)6/h5-11,13,16,22H,1-4H3,(H,21,23);1-3H. The number of nitrogens with zero attached hydrogens (tertiary/aromatic N) is 2. The van der Waals surface area contributed by atoms with E-state index in [1.165, 1.54) is 31.6 Å². The fourth-order valence-electron chi connectivity index (χ4n) is 4.80. The van der Waals surface area contributed by atoms with E-state index in [-0.39, 0.29) is 16.7 Å². The zero-order valence-corrected chi connectivity index (χ0v) is 21.5. The molecule has 0 saturated carbocycles. The van der Waals surface area contributed by atoms with Crippen LogP contribution in [0.2, 0.25) is 0 Å². The van der Waals surface area contributed by atoms with Gasteiger partial charge in [0.1, 0.15) is 5.41 Å². The number of hydrogen-bond donors (Lipinski definition) is 2. The molecule has 11 heteroatoms. The number of allylic oxidation sites excluding steroid dienone is 1. The Balaban J connectivity index is 0.000000295. The molecule has 3 aliphatic rings. The number of methoxy groups -OCH3 is 2. The van der Waals surface area contributed by atoms with Crippen LogP contribution in [-0.4, -0.2) is 48.1 Å². The van der Waals surface area contributed by atoms with E-state index in [2.05, 4.69) is 15.6 Å². The van der Waals surface area contributed by atoms with Crippen molar-refractivity contribution in [1.29, 1.82) is 0 Å². The molecule has 2 aromatic rings. The van der Waals surface area contributed by atoms with Gasteiger partial charge in [0, 0.05) is 29.4 Å². The van der Waals surface area contributed by atoms with Crippen molar-refractivity contribution in [2.75, 3.05) is 19.5 Å². The zero-order valence-electron chi connectivity index (χ0n) is 20.7. The highest BCUT2D eigenvalue weighted by atomic mass is 32.1. The number of nitro benzene ring substituents is 1. The number of nitrogens with one attached hydrogen (secondary N) is 2. The van der Waals surface area contributed by atoms with Gasteiger partial charge in [-0.15, -0.1) is 11.3 Å². The fraction of sp³-hybridized carbons (Fsp3) is 0.269. The zero-order chi connectivity index (χ0) is 26.7. The largest absolute Gasteiger partial charge is 0.468 e. The van der Waals surface area contributed by atoms with Crippen molar-refractivity contribution >= 4 is 34.1 Å². The highest BCUT2D eigenvalue weighted by molar-refractivity contribution is 7.13. The first kappa shape index (κ1) is 25.8. The Morgan fingerprint density at radius 2 is 1.89 bits per heavy atom. The van der Waals surface area contributed by atoms with Crippen molar-refractivity contribution in [3.8, 4) is 11.1 Å². The summed E-state index contributed by atoms with van der Waals surface area (Å²) < 4.78 is 10.3. The summed E-state index contributed by atoms with van der Waals surface area (Å²) in [5, 5.41) is 19.1. The number of esters is 2.